The van der Waals surface area contributed by atoms with Gasteiger partial charge >= 0.3 is 0 Å². The molecule has 0 bridgehead atoms. The maximum absolute atomic E-state index is 3.24. The van der Waals surface area contributed by atoms with E-state index in [1.54, 1.807) is 0 Å². The summed E-state index contributed by atoms with van der Waals surface area (Å²) < 4.78 is 0. The zero-order chi connectivity index (χ0) is 11.1. The van der Waals surface area contributed by atoms with E-state index in [1.807, 2.05) is 7.05 Å². The quantitative estimate of drug-likeness (QED) is 0.767. The van der Waals surface area contributed by atoms with Crippen molar-refractivity contribution in [2.75, 3.05) is 20.6 Å². The third kappa shape index (κ3) is 4.02. The normalized spacial score (nSPS) is 13.1. The first kappa shape index (κ1) is 12.2. The lowest BCUT2D eigenvalue weighted by molar-refractivity contribution is 0.224. The Balaban J connectivity index is 2.50. The van der Waals surface area contributed by atoms with Crippen LogP contribution in [0.5, 0.6) is 0 Å². The van der Waals surface area contributed by atoms with Gasteiger partial charge in [-0.05, 0) is 26.1 Å². The molecule has 84 valence electrons. The molecule has 2 heteroatoms. The Morgan fingerprint density at radius 2 is 1.93 bits per heavy atom. The van der Waals surface area contributed by atoms with Gasteiger partial charge in [0.15, 0.2) is 0 Å². The van der Waals surface area contributed by atoms with Gasteiger partial charge in [-0.2, -0.15) is 0 Å². The largest absolute Gasteiger partial charge is 0.318 e. The minimum absolute atomic E-state index is 0.621. The third-order valence-corrected chi connectivity index (χ3v) is 2.81. The van der Waals surface area contributed by atoms with E-state index in [0.717, 1.165) is 13.1 Å². The van der Waals surface area contributed by atoms with Crippen LogP contribution in [0.4, 0.5) is 0 Å². The summed E-state index contributed by atoms with van der Waals surface area (Å²) in [5.41, 5.74) is 1.38. The van der Waals surface area contributed by atoms with Crippen LogP contribution >= 0.6 is 0 Å². The van der Waals surface area contributed by atoms with Crippen molar-refractivity contribution >= 4 is 0 Å². The molecular formula is C13H22N2. The Morgan fingerprint density at radius 1 is 1.27 bits per heavy atom. The molecule has 0 unspecified atom stereocenters. The van der Waals surface area contributed by atoms with E-state index < -0.39 is 0 Å². The van der Waals surface area contributed by atoms with Crippen molar-refractivity contribution in [1.82, 2.24) is 10.2 Å². The second-order valence-electron chi connectivity index (χ2n) is 4.02. The van der Waals surface area contributed by atoms with E-state index in [-0.39, 0.29) is 0 Å². The second kappa shape index (κ2) is 6.59. The van der Waals surface area contributed by atoms with Crippen LogP contribution in [0.25, 0.3) is 0 Å². The van der Waals surface area contributed by atoms with Crippen molar-refractivity contribution in [3.05, 3.63) is 35.9 Å². The predicted octanol–water partition coefficient (Wildman–Crippen LogP) is 2.12. The number of hydrogen-bond acceptors (Lipinski definition) is 2. The molecule has 0 radical (unpaired) electrons. The minimum atomic E-state index is 0.621. The van der Waals surface area contributed by atoms with Crippen molar-refractivity contribution in [3.8, 4) is 0 Å². The van der Waals surface area contributed by atoms with Crippen LogP contribution in [0, 0.1) is 0 Å². The highest BCUT2D eigenvalue weighted by molar-refractivity contribution is 5.14. The van der Waals surface area contributed by atoms with Gasteiger partial charge in [-0.25, -0.2) is 0 Å². The lowest BCUT2D eigenvalue weighted by Gasteiger charge is -2.26. The molecule has 1 aromatic rings. The highest BCUT2D eigenvalue weighted by atomic mass is 15.1. The molecule has 0 saturated heterocycles. The zero-order valence-electron chi connectivity index (χ0n) is 10.0. The van der Waals surface area contributed by atoms with Crippen LogP contribution in [-0.2, 0) is 6.54 Å². The second-order valence-corrected chi connectivity index (χ2v) is 4.02. The fourth-order valence-corrected chi connectivity index (χ4v) is 1.85. The molecule has 0 aliphatic rings. The van der Waals surface area contributed by atoms with E-state index in [0.29, 0.717) is 6.04 Å². The van der Waals surface area contributed by atoms with Crippen LogP contribution in [0.1, 0.15) is 18.9 Å². The molecule has 0 aliphatic heterocycles. The number of nitrogens with one attached hydrogen (secondary N) is 1. The molecule has 0 saturated carbocycles. The summed E-state index contributed by atoms with van der Waals surface area (Å²) in [4.78, 5) is 2.41. The van der Waals surface area contributed by atoms with Crippen LogP contribution in [-0.4, -0.2) is 31.6 Å². The average Bonchev–Trinajstić information content (AvgIpc) is 2.27. The number of likely N-dealkylation sites (N-methyl/N-ethyl adjacent to an activating group) is 2. The van der Waals surface area contributed by atoms with E-state index in [1.165, 1.54) is 12.0 Å². The van der Waals surface area contributed by atoms with Crippen LogP contribution in [0.2, 0.25) is 0 Å². The molecule has 2 nitrogen and oxygen atoms in total. The highest BCUT2D eigenvalue weighted by Gasteiger charge is 2.11. The van der Waals surface area contributed by atoms with E-state index in [4.69, 9.17) is 0 Å². The third-order valence-electron chi connectivity index (χ3n) is 2.81. The molecule has 1 aromatic carbocycles. The van der Waals surface area contributed by atoms with Gasteiger partial charge in [0.25, 0.3) is 0 Å². The monoisotopic (exact) mass is 206 g/mol. The first-order valence-electron chi connectivity index (χ1n) is 5.66. The van der Waals surface area contributed by atoms with Crippen molar-refractivity contribution in [1.29, 1.82) is 0 Å². The summed E-state index contributed by atoms with van der Waals surface area (Å²) in [5, 5.41) is 3.24. The van der Waals surface area contributed by atoms with Gasteiger partial charge in [0.1, 0.15) is 0 Å². The SMILES string of the molecule is CC[C@@H](CNC)N(C)Cc1ccccc1. The Hall–Kier alpha value is -0.860. The summed E-state index contributed by atoms with van der Waals surface area (Å²) in [7, 11) is 4.21. The van der Waals surface area contributed by atoms with Crippen molar-refractivity contribution in [2.24, 2.45) is 0 Å². The molecule has 15 heavy (non-hydrogen) atoms. The van der Waals surface area contributed by atoms with Gasteiger partial charge in [0.2, 0.25) is 0 Å². The summed E-state index contributed by atoms with van der Waals surface area (Å²) >= 11 is 0. The maximum Gasteiger partial charge on any atom is 0.0234 e. The Morgan fingerprint density at radius 3 is 2.47 bits per heavy atom. The fourth-order valence-electron chi connectivity index (χ4n) is 1.85. The molecule has 0 spiro atoms. The Labute approximate surface area is 93.3 Å². The average molecular weight is 206 g/mol. The number of hydrogen-bond donors (Lipinski definition) is 1. The molecule has 1 N–H and O–H groups in total. The van der Waals surface area contributed by atoms with Gasteiger partial charge in [-0.1, -0.05) is 37.3 Å². The molecule has 0 aromatic heterocycles. The zero-order valence-corrected chi connectivity index (χ0v) is 10.0. The number of benzene rings is 1. The van der Waals surface area contributed by atoms with Crippen molar-refractivity contribution < 1.29 is 0 Å². The predicted molar refractivity (Wildman–Crippen MR) is 65.9 cm³/mol. The van der Waals surface area contributed by atoms with E-state index in [2.05, 4.69) is 54.5 Å². The van der Waals surface area contributed by atoms with E-state index >= 15 is 0 Å². The van der Waals surface area contributed by atoms with Crippen molar-refractivity contribution in [2.45, 2.75) is 25.9 Å². The lowest BCUT2D eigenvalue weighted by atomic mass is 10.1. The fraction of sp³-hybridized carbons (Fsp3) is 0.538. The van der Waals surface area contributed by atoms with Crippen LogP contribution < -0.4 is 5.32 Å². The standard InChI is InChI=1S/C13H22N2/c1-4-13(10-14-2)15(3)11-12-8-6-5-7-9-12/h5-9,13-14H,4,10-11H2,1-3H3/t13-/m0/s1. The summed E-state index contributed by atoms with van der Waals surface area (Å²) in [6.45, 7) is 4.32. The number of rotatable bonds is 6. The molecule has 0 amide bonds. The maximum atomic E-state index is 3.24. The van der Waals surface area contributed by atoms with Crippen LogP contribution in [0.3, 0.4) is 0 Å². The molecule has 0 heterocycles. The minimum Gasteiger partial charge on any atom is -0.318 e. The smallest absolute Gasteiger partial charge is 0.0234 e. The lowest BCUT2D eigenvalue weighted by Crippen LogP contribution is -2.38. The molecule has 1 atom stereocenters. The topological polar surface area (TPSA) is 15.3 Å². The molecule has 1 rings (SSSR count). The summed E-state index contributed by atoms with van der Waals surface area (Å²) in [5.74, 6) is 0. The molecule has 0 fully saturated rings. The first-order chi connectivity index (χ1) is 7.27. The molecular weight excluding hydrogens is 184 g/mol. The Bertz CT molecular complexity index is 258. The van der Waals surface area contributed by atoms with Gasteiger partial charge in [-0.15, -0.1) is 0 Å². The first-order valence-corrected chi connectivity index (χ1v) is 5.66. The van der Waals surface area contributed by atoms with Crippen molar-refractivity contribution in [3.63, 3.8) is 0 Å². The number of nitrogens with zero attached hydrogens (tertiary/aromatic N) is 1. The van der Waals surface area contributed by atoms with Gasteiger partial charge < -0.3 is 5.32 Å². The molecule has 0 aliphatic carbocycles. The summed E-state index contributed by atoms with van der Waals surface area (Å²) in [6, 6.07) is 11.2. The van der Waals surface area contributed by atoms with Gasteiger partial charge in [-0.3, -0.25) is 4.90 Å². The van der Waals surface area contributed by atoms with Gasteiger partial charge in [0, 0.05) is 19.1 Å². The van der Waals surface area contributed by atoms with E-state index in [9.17, 15) is 0 Å². The van der Waals surface area contributed by atoms with Crippen LogP contribution in [0.15, 0.2) is 30.3 Å². The van der Waals surface area contributed by atoms with Gasteiger partial charge in [0.05, 0.1) is 0 Å². The Kier molecular flexibility index (Phi) is 5.37. The highest BCUT2D eigenvalue weighted by Crippen LogP contribution is 2.07. The summed E-state index contributed by atoms with van der Waals surface area (Å²) in [6.07, 6.45) is 1.18.